The summed E-state index contributed by atoms with van der Waals surface area (Å²) in [7, 11) is 5.15. The molecule has 29 heavy (non-hydrogen) atoms. The Bertz CT molecular complexity index is 1060. The summed E-state index contributed by atoms with van der Waals surface area (Å²) in [5.74, 6) is 2.88. The number of fused-ring (bicyclic) bond motifs is 1. The van der Waals surface area contributed by atoms with E-state index in [1.807, 2.05) is 31.0 Å². The molecule has 2 aromatic heterocycles. The monoisotopic (exact) mass is 412 g/mol. The van der Waals surface area contributed by atoms with Gasteiger partial charge < -0.3 is 19.3 Å². The molecule has 8 heteroatoms. The van der Waals surface area contributed by atoms with Crippen LogP contribution in [0.15, 0.2) is 23.6 Å². The number of methoxy groups -OCH3 is 2. The Morgan fingerprint density at radius 3 is 2.48 bits per heavy atom. The van der Waals surface area contributed by atoms with Crippen molar-refractivity contribution in [2.75, 3.05) is 37.6 Å². The quantitative estimate of drug-likeness (QED) is 0.638. The van der Waals surface area contributed by atoms with Gasteiger partial charge in [0.15, 0.2) is 0 Å². The van der Waals surface area contributed by atoms with Crippen molar-refractivity contribution in [3.63, 3.8) is 0 Å². The number of aromatic nitrogens is 2. The van der Waals surface area contributed by atoms with Crippen LogP contribution in [0.3, 0.4) is 0 Å². The Morgan fingerprint density at radius 2 is 1.83 bits per heavy atom. The van der Waals surface area contributed by atoms with Crippen molar-refractivity contribution >= 4 is 39.0 Å². The molecule has 3 aromatic rings. The van der Waals surface area contributed by atoms with Gasteiger partial charge in [-0.25, -0.2) is 9.97 Å². The molecule has 1 unspecified atom stereocenters. The van der Waals surface area contributed by atoms with Crippen LogP contribution in [0.4, 0.5) is 11.5 Å². The number of anilines is 2. The van der Waals surface area contributed by atoms with Gasteiger partial charge in [-0.05, 0) is 31.2 Å². The molecule has 1 aliphatic rings. The van der Waals surface area contributed by atoms with Crippen molar-refractivity contribution < 1.29 is 14.3 Å². The molecule has 152 valence electrons. The van der Waals surface area contributed by atoms with Crippen LogP contribution in [0.2, 0.25) is 0 Å². The Morgan fingerprint density at radius 1 is 1.14 bits per heavy atom. The van der Waals surface area contributed by atoms with Crippen LogP contribution in [0.25, 0.3) is 10.2 Å². The van der Waals surface area contributed by atoms with E-state index in [1.54, 1.807) is 36.5 Å². The fourth-order valence-corrected chi connectivity index (χ4v) is 4.76. The smallest absolute Gasteiger partial charge is 0.249 e. The Kier molecular flexibility index (Phi) is 5.04. The zero-order valence-corrected chi connectivity index (χ0v) is 18.0. The number of thiophene rings is 1. The molecule has 0 N–H and O–H groups in total. The highest BCUT2D eigenvalue weighted by Gasteiger charge is 2.37. The maximum Gasteiger partial charge on any atom is 0.249 e. The number of likely N-dealkylation sites (N-methyl/N-ethyl adjacent to an activating group) is 1. The molecule has 7 nitrogen and oxygen atoms in total. The van der Waals surface area contributed by atoms with Gasteiger partial charge in [0, 0.05) is 31.8 Å². The van der Waals surface area contributed by atoms with Crippen molar-refractivity contribution in [1.29, 1.82) is 0 Å². The van der Waals surface area contributed by atoms with Gasteiger partial charge in [-0.15, -0.1) is 11.3 Å². The second kappa shape index (κ2) is 7.51. The van der Waals surface area contributed by atoms with E-state index >= 15 is 0 Å². The zero-order chi connectivity index (χ0) is 20.7. The van der Waals surface area contributed by atoms with Gasteiger partial charge in [0.2, 0.25) is 5.91 Å². The maximum absolute atomic E-state index is 13.3. The minimum absolute atomic E-state index is 0.0418. The molecule has 3 heterocycles. The third-order valence-electron chi connectivity index (χ3n) is 5.34. The van der Waals surface area contributed by atoms with Crippen LogP contribution in [-0.4, -0.2) is 49.7 Å². The minimum atomic E-state index is -0.288. The first-order valence-electron chi connectivity index (χ1n) is 9.42. The molecule has 1 amide bonds. The first-order chi connectivity index (χ1) is 13.9. The lowest BCUT2D eigenvalue weighted by atomic mass is 10.2. The average Bonchev–Trinajstić information content (AvgIpc) is 3.29. The summed E-state index contributed by atoms with van der Waals surface area (Å²) in [5, 5.41) is 3.11. The summed E-state index contributed by atoms with van der Waals surface area (Å²) >= 11 is 1.61. The fourth-order valence-electron chi connectivity index (χ4n) is 3.80. The van der Waals surface area contributed by atoms with Crippen LogP contribution in [-0.2, 0) is 4.79 Å². The number of amides is 1. The van der Waals surface area contributed by atoms with Crippen LogP contribution in [0, 0.1) is 13.8 Å². The molecule has 0 spiro atoms. The molecule has 1 atom stereocenters. The lowest BCUT2D eigenvalue weighted by molar-refractivity contribution is -0.118. The van der Waals surface area contributed by atoms with Gasteiger partial charge in [0.05, 0.1) is 25.3 Å². The van der Waals surface area contributed by atoms with Gasteiger partial charge in [-0.1, -0.05) is 0 Å². The number of carbonyl (C=O) groups is 1. The Labute approximate surface area is 173 Å². The number of carbonyl (C=O) groups excluding carboxylic acids is 1. The van der Waals surface area contributed by atoms with E-state index in [0.717, 1.165) is 27.3 Å². The largest absolute Gasteiger partial charge is 0.497 e. The standard InChI is InChI=1S/C21H24N4O3S/c1-12-11-29-20-18(12)19(22-13(2)23-20)24(3)17-6-7-25(21(17)26)14-8-15(27-4)10-16(9-14)28-5/h8-11,17H,6-7H2,1-5H3. The highest BCUT2D eigenvalue weighted by atomic mass is 32.1. The highest BCUT2D eigenvalue weighted by molar-refractivity contribution is 7.17. The predicted molar refractivity (Wildman–Crippen MR) is 116 cm³/mol. The van der Waals surface area contributed by atoms with Gasteiger partial charge in [-0.3, -0.25) is 4.79 Å². The number of rotatable bonds is 5. The number of benzene rings is 1. The topological polar surface area (TPSA) is 67.8 Å². The normalized spacial score (nSPS) is 16.5. The lowest BCUT2D eigenvalue weighted by Gasteiger charge is -2.26. The first-order valence-corrected chi connectivity index (χ1v) is 10.3. The van der Waals surface area contributed by atoms with E-state index in [1.165, 1.54) is 0 Å². The second-order valence-electron chi connectivity index (χ2n) is 7.17. The van der Waals surface area contributed by atoms with E-state index < -0.39 is 0 Å². The van der Waals surface area contributed by atoms with Crippen LogP contribution in [0.1, 0.15) is 17.8 Å². The number of ether oxygens (including phenoxy) is 2. The number of hydrogen-bond donors (Lipinski definition) is 0. The Balaban J connectivity index is 1.67. The third kappa shape index (κ3) is 3.37. The van der Waals surface area contributed by atoms with E-state index in [9.17, 15) is 4.79 Å². The van der Waals surface area contributed by atoms with Crippen LogP contribution >= 0.6 is 11.3 Å². The first kappa shape index (κ1) is 19.4. The van der Waals surface area contributed by atoms with Crippen molar-refractivity contribution in [1.82, 2.24) is 9.97 Å². The summed E-state index contributed by atoms with van der Waals surface area (Å²) in [4.78, 5) is 27.3. The molecule has 1 saturated heterocycles. The second-order valence-corrected chi connectivity index (χ2v) is 8.03. The Hall–Kier alpha value is -2.87. The average molecular weight is 413 g/mol. The molecule has 1 aliphatic heterocycles. The molecule has 4 rings (SSSR count). The van der Waals surface area contributed by atoms with Crippen LogP contribution < -0.4 is 19.3 Å². The van der Waals surface area contributed by atoms with Gasteiger partial charge in [-0.2, -0.15) is 0 Å². The van der Waals surface area contributed by atoms with E-state index in [4.69, 9.17) is 9.47 Å². The van der Waals surface area contributed by atoms with Crippen molar-refractivity contribution in [2.24, 2.45) is 0 Å². The number of aryl methyl sites for hydroxylation is 2. The van der Waals surface area contributed by atoms with Crippen molar-refractivity contribution in [3.8, 4) is 11.5 Å². The minimum Gasteiger partial charge on any atom is -0.497 e. The molecular weight excluding hydrogens is 388 g/mol. The fraction of sp³-hybridized carbons (Fsp3) is 0.381. The maximum atomic E-state index is 13.3. The summed E-state index contributed by atoms with van der Waals surface area (Å²) < 4.78 is 10.7. The van der Waals surface area contributed by atoms with Crippen molar-refractivity contribution in [3.05, 3.63) is 35.0 Å². The van der Waals surface area contributed by atoms with Crippen LogP contribution in [0.5, 0.6) is 11.5 Å². The molecule has 0 aliphatic carbocycles. The van der Waals surface area contributed by atoms with E-state index in [2.05, 4.69) is 22.3 Å². The SMILES string of the molecule is COc1cc(OC)cc(N2CCC(N(C)c3nc(C)nc4scc(C)c34)C2=O)c1. The van der Waals surface area contributed by atoms with E-state index in [0.29, 0.717) is 30.3 Å². The molecule has 1 aromatic carbocycles. The number of hydrogen-bond acceptors (Lipinski definition) is 7. The summed E-state index contributed by atoms with van der Waals surface area (Å²) in [5.41, 5.74) is 1.91. The molecule has 1 fully saturated rings. The highest BCUT2D eigenvalue weighted by Crippen LogP contribution is 2.35. The third-order valence-corrected chi connectivity index (χ3v) is 6.33. The summed E-state index contributed by atoms with van der Waals surface area (Å²) in [6.45, 7) is 4.57. The summed E-state index contributed by atoms with van der Waals surface area (Å²) in [6, 6.07) is 5.23. The molecule has 0 saturated carbocycles. The van der Waals surface area contributed by atoms with Gasteiger partial charge >= 0.3 is 0 Å². The van der Waals surface area contributed by atoms with Gasteiger partial charge in [0.1, 0.15) is 34.0 Å². The predicted octanol–water partition coefficient (Wildman–Crippen LogP) is 3.57. The molecule has 0 bridgehead atoms. The summed E-state index contributed by atoms with van der Waals surface area (Å²) in [6.07, 6.45) is 0.711. The van der Waals surface area contributed by atoms with Gasteiger partial charge in [0.25, 0.3) is 0 Å². The van der Waals surface area contributed by atoms with E-state index in [-0.39, 0.29) is 11.9 Å². The number of nitrogens with zero attached hydrogens (tertiary/aromatic N) is 4. The lowest BCUT2D eigenvalue weighted by Crippen LogP contribution is -2.40. The zero-order valence-electron chi connectivity index (χ0n) is 17.2. The van der Waals surface area contributed by atoms with Crippen molar-refractivity contribution in [2.45, 2.75) is 26.3 Å². The molecule has 0 radical (unpaired) electrons. The molecular formula is C21H24N4O3S.